The van der Waals surface area contributed by atoms with E-state index in [1.54, 1.807) is 7.05 Å². The highest BCUT2D eigenvalue weighted by molar-refractivity contribution is 5.94. The number of nitrogens with zero attached hydrogens (tertiary/aromatic N) is 1. The molecule has 1 aromatic carbocycles. The third-order valence-corrected chi connectivity index (χ3v) is 4.33. The first-order valence-corrected chi connectivity index (χ1v) is 8.56. The van der Waals surface area contributed by atoms with E-state index in [0.717, 1.165) is 43.9 Å². The van der Waals surface area contributed by atoms with Crippen molar-refractivity contribution in [1.29, 1.82) is 0 Å². The number of aliphatic imine (C=N–C) groups is 1. The van der Waals surface area contributed by atoms with E-state index in [1.807, 2.05) is 31.2 Å². The second kappa shape index (κ2) is 8.68. The molecule has 24 heavy (non-hydrogen) atoms. The first kappa shape index (κ1) is 18.3. The maximum absolute atomic E-state index is 11.7. The highest BCUT2D eigenvalue weighted by Gasteiger charge is 2.41. The number of hydrogen-bond donors (Lipinski definition) is 4. The average molecular weight is 332 g/mol. The number of carbonyl (C=O) groups is 1. The van der Waals surface area contributed by atoms with E-state index in [4.69, 9.17) is 0 Å². The van der Waals surface area contributed by atoms with Crippen LogP contribution in [-0.2, 0) is 6.42 Å². The lowest BCUT2D eigenvalue weighted by molar-refractivity contribution is 0.0963. The Bertz CT molecular complexity index is 582. The van der Waals surface area contributed by atoms with Gasteiger partial charge in [-0.3, -0.25) is 9.79 Å². The lowest BCUT2D eigenvalue weighted by Crippen LogP contribution is -2.39. The van der Waals surface area contributed by atoms with Crippen molar-refractivity contribution in [3.63, 3.8) is 0 Å². The third-order valence-electron chi connectivity index (χ3n) is 4.33. The molecule has 6 heteroatoms. The smallest absolute Gasteiger partial charge is 0.251 e. The maximum Gasteiger partial charge on any atom is 0.251 e. The fourth-order valence-corrected chi connectivity index (χ4v) is 2.47. The molecule has 4 N–H and O–H groups in total. The fourth-order valence-electron chi connectivity index (χ4n) is 2.47. The monoisotopic (exact) mass is 332 g/mol. The molecule has 0 aliphatic heterocycles. The van der Waals surface area contributed by atoms with Gasteiger partial charge in [-0.15, -0.1) is 0 Å². The molecule has 1 amide bonds. The Hall–Kier alpha value is -2.08. The number of aliphatic hydroxyl groups is 1. The van der Waals surface area contributed by atoms with Crippen molar-refractivity contribution in [2.75, 3.05) is 33.3 Å². The third kappa shape index (κ3) is 5.23. The Morgan fingerprint density at radius 1 is 1.33 bits per heavy atom. The van der Waals surface area contributed by atoms with Gasteiger partial charge >= 0.3 is 0 Å². The van der Waals surface area contributed by atoms with Gasteiger partial charge in [0.05, 0.1) is 13.2 Å². The second-order valence-corrected chi connectivity index (χ2v) is 6.31. The van der Waals surface area contributed by atoms with Gasteiger partial charge in [0.1, 0.15) is 0 Å². The van der Waals surface area contributed by atoms with Crippen molar-refractivity contribution in [2.45, 2.75) is 26.2 Å². The van der Waals surface area contributed by atoms with E-state index in [0.29, 0.717) is 12.1 Å². The van der Waals surface area contributed by atoms with Gasteiger partial charge < -0.3 is 21.1 Å². The van der Waals surface area contributed by atoms with Crippen molar-refractivity contribution in [2.24, 2.45) is 10.4 Å². The lowest BCUT2D eigenvalue weighted by Gasteiger charge is -2.14. The molecular formula is C18H28N4O2. The quantitative estimate of drug-likeness (QED) is 0.421. The Balaban J connectivity index is 1.86. The molecule has 2 rings (SSSR count). The first-order chi connectivity index (χ1) is 11.6. The van der Waals surface area contributed by atoms with Crippen LogP contribution in [0.3, 0.4) is 0 Å². The molecule has 0 saturated heterocycles. The summed E-state index contributed by atoms with van der Waals surface area (Å²) in [5.74, 6) is 0.707. The van der Waals surface area contributed by atoms with Crippen LogP contribution in [0.15, 0.2) is 29.3 Å². The summed E-state index contributed by atoms with van der Waals surface area (Å²) in [6, 6.07) is 7.64. The minimum absolute atomic E-state index is 0.0181. The Kier molecular flexibility index (Phi) is 6.61. The van der Waals surface area contributed by atoms with Crippen LogP contribution < -0.4 is 16.0 Å². The van der Waals surface area contributed by atoms with Crippen molar-refractivity contribution in [3.8, 4) is 0 Å². The van der Waals surface area contributed by atoms with Gasteiger partial charge in [0.25, 0.3) is 5.91 Å². The highest BCUT2D eigenvalue weighted by Crippen LogP contribution is 2.45. The molecule has 0 heterocycles. The maximum atomic E-state index is 11.7. The van der Waals surface area contributed by atoms with E-state index < -0.39 is 0 Å². The van der Waals surface area contributed by atoms with Gasteiger partial charge in [0, 0.05) is 31.1 Å². The summed E-state index contributed by atoms with van der Waals surface area (Å²) >= 11 is 0. The summed E-state index contributed by atoms with van der Waals surface area (Å²) < 4.78 is 0. The van der Waals surface area contributed by atoms with Crippen molar-refractivity contribution < 1.29 is 9.90 Å². The number of aliphatic hydroxyl groups excluding tert-OH is 1. The van der Waals surface area contributed by atoms with Crippen LogP contribution in [0.4, 0.5) is 0 Å². The van der Waals surface area contributed by atoms with Crippen molar-refractivity contribution >= 4 is 11.9 Å². The van der Waals surface area contributed by atoms with Crippen molar-refractivity contribution in [3.05, 3.63) is 35.4 Å². The zero-order valence-corrected chi connectivity index (χ0v) is 14.6. The number of carbonyl (C=O) groups excluding carboxylic acids is 1. The number of hydrogen-bond acceptors (Lipinski definition) is 3. The molecule has 1 aliphatic carbocycles. The average Bonchev–Trinajstić information content (AvgIpc) is 3.40. The zero-order valence-electron chi connectivity index (χ0n) is 14.6. The van der Waals surface area contributed by atoms with Gasteiger partial charge in [0.15, 0.2) is 5.96 Å². The molecular weight excluding hydrogens is 304 g/mol. The molecule has 0 spiro atoms. The normalized spacial score (nSPS) is 15.7. The largest absolute Gasteiger partial charge is 0.396 e. The number of nitrogens with one attached hydrogen (secondary N) is 3. The predicted octanol–water partition coefficient (Wildman–Crippen LogP) is 0.916. The Morgan fingerprint density at radius 3 is 2.75 bits per heavy atom. The standard InChI is InChI=1S/C18H28N4O2/c1-3-20-17(22-12-18(13-23)8-9-18)21-10-7-14-5-4-6-15(11-14)16(24)19-2/h4-6,11,23H,3,7-10,12-13H2,1-2H3,(H,19,24)(H2,20,21,22). The summed E-state index contributed by atoms with van der Waals surface area (Å²) in [7, 11) is 1.63. The minimum Gasteiger partial charge on any atom is -0.396 e. The predicted molar refractivity (Wildman–Crippen MR) is 96.3 cm³/mol. The fraction of sp³-hybridized carbons (Fsp3) is 0.556. The Morgan fingerprint density at radius 2 is 2.12 bits per heavy atom. The van der Waals surface area contributed by atoms with E-state index in [1.165, 1.54) is 0 Å². The summed E-state index contributed by atoms with van der Waals surface area (Å²) in [4.78, 5) is 16.2. The number of guanidine groups is 1. The lowest BCUT2D eigenvalue weighted by atomic mass is 10.1. The number of amides is 1. The van der Waals surface area contributed by atoms with Gasteiger partial charge in [-0.2, -0.15) is 0 Å². The molecule has 1 saturated carbocycles. The molecule has 0 atom stereocenters. The van der Waals surface area contributed by atoms with Crippen molar-refractivity contribution in [1.82, 2.24) is 16.0 Å². The van der Waals surface area contributed by atoms with E-state index in [9.17, 15) is 9.90 Å². The van der Waals surface area contributed by atoms with E-state index in [2.05, 4.69) is 20.9 Å². The van der Waals surface area contributed by atoms with Crippen LogP contribution in [-0.4, -0.2) is 50.3 Å². The molecule has 0 aromatic heterocycles. The molecule has 0 bridgehead atoms. The zero-order chi connectivity index (χ0) is 17.4. The molecule has 1 aliphatic rings. The van der Waals surface area contributed by atoms with Gasteiger partial charge in [-0.05, 0) is 43.9 Å². The minimum atomic E-state index is -0.0709. The van der Waals surface area contributed by atoms with Crippen LogP contribution in [0.25, 0.3) is 0 Å². The molecule has 1 fully saturated rings. The number of benzene rings is 1. The molecule has 132 valence electrons. The van der Waals surface area contributed by atoms with Gasteiger partial charge in [-0.1, -0.05) is 12.1 Å². The van der Waals surface area contributed by atoms with Crippen LogP contribution in [0.5, 0.6) is 0 Å². The van der Waals surface area contributed by atoms with Crippen LogP contribution in [0, 0.1) is 5.41 Å². The topological polar surface area (TPSA) is 85.8 Å². The SMILES string of the molecule is CCNC(=NCC1(CO)CC1)NCCc1cccc(C(=O)NC)c1. The van der Waals surface area contributed by atoms with Gasteiger partial charge in [-0.25, -0.2) is 0 Å². The molecule has 0 unspecified atom stereocenters. The second-order valence-electron chi connectivity index (χ2n) is 6.31. The Labute approximate surface area is 143 Å². The summed E-state index contributed by atoms with van der Waals surface area (Å²) in [5, 5.41) is 18.5. The first-order valence-electron chi connectivity index (χ1n) is 8.56. The molecule has 6 nitrogen and oxygen atoms in total. The summed E-state index contributed by atoms with van der Waals surface area (Å²) in [5.41, 5.74) is 1.80. The molecule has 0 radical (unpaired) electrons. The highest BCUT2D eigenvalue weighted by atomic mass is 16.3. The van der Waals surface area contributed by atoms with Crippen LogP contribution in [0.1, 0.15) is 35.7 Å². The number of rotatable bonds is 8. The van der Waals surface area contributed by atoms with Gasteiger partial charge in [0.2, 0.25) is 0 Å². The van der Waals surface area contributed by atoms with Crippen LogP contribution in [0.2, 0.25) is 0 Å². The van der Waals surface area contributed by atoms with Crippen LogP contribution >= 0.6 is 0 Å². The van der Waals surface area contributed by atoms with E-state index in [-0.39, 0.29) is 17.9 Å². The summed E-state index contributed by atoms with van der Waals surface area (Å²) in [6.45, 7) is 4.43. The molecule has 1 aromatic rings. The summed E-state index contributed by atoms with van der Waals surface area (Å²) in [6.07, 6.45) is 2.91. The van der Waals surface area contributed by atoms with E-state index >= 15 is 0 Å².